The molecule has 0 aliphatic rings. The van der Waals surface area contributed by atoms with Crippen LogP contribution in [0.3, 0.4) is 0 Å². The van der Waals surface area contributed by atoms with Crippen LogP contribution in [0, 0.1) is 27.2 Å². The number of nitro groups is 2. The molecule has 0 unspecified atom stereocenters. The van der Waals surface area contributed by atoms with Gasteiger partial charge in [0.05, 0.1) is 15.9 Å². The smallest absolute Gasteiger partial charge is 0.317 e. The molecule has 4 aromatic rings. The number of oxazole rings is 1. The SMILES string of the molecule is Cc1ccccc1-c1nc2cc(NC(=O)COc3ccc([N+](=O)[O-])cc3[N+](=O)[O-])ccc2o1. The number of nitrogens with zero attached hydrogens (tertiary/aromatic N) is 3. The second-order valence-electron chi connectivity index (χ2n) is 7.02. The predicted molar refractivity (Wildman–Crippen MR) is 118 cm³/mol. The van der Waals surface area contributed by atoms with Crippen molar-refractivity contribution in [3.8, 4) is 17.2 Å². The average molecular weight is 448 g/mol. The van der Waals surface area contributed by atoms with Crippen molar-refractivity contribution < 1.29 is 23.8 Å². The van der Waals surface area contributed by atoms with Gasteiger partial charge in [-0.15, -0.1) is 0 Å². The molecule has 0 bridgehead atoms. The van der Waals surface area contributed by atoms with E-state index in [2.05, 4.69) is 10.3 Å². The van der Waals surface area contributed by atoms with Crippen molar-refractivity contribution in [1.29, 1.82) is 0 Å². The summed E-state index contributed by atoms with van der Waals surface area (Å²) in [4.78, 5) is 37.2. The first-order valence-electron chi connectivity index (χ1n) is 9.64. The Balaban J connectivity index is 1.47. The fourth-order valence-corrected chi connectivity index (χ4v) is 3.16. The van der Waals surface area contributed by atoms with Gasteiger partial charge in [-0.3, -0.25) is 25.0 Å². The Kier molecular flexibility index (Phi) is 5.68. The number of non-ortho nitro benzene ring substituents is 1. The highest BCUT2D eigenvalue weighted by Gasteiger charge is 2.21. The van der Waals surface area contributed by atoms with Crippen molar-refractivity contribution in [1.82, 2.24) is 4.98 Å². The number of amides is 1. The van der Waals surface area contributed by atoms with Crippen LogP contribution in [-0.4, -0.2) is 27.3 Å². The van der Waals surface area contributed by atoms with Crippen LogP contribution in [0.5, 0.6) is 5.75 Å². The summed E-state index contributed by atoms with van der Waals surface area (Å²) in [5.41, 5.74) is 2.32. The zero-order valence-corrected chi connectivity index (χ0v) is 17.2. The molecule has 0 spiro atoms. The molecule has 0 saturated heterocycles. The van der Waals surface area contributed by atoms with Crippen LogP contribution in [0.4, 0.5) is 17.1 Å². The van der Waals surface area contributed by atoms with E-state index in [1.165, 1.54) is 0 Å². The van der Waals surface area contributed by atoms with Crippen LogP contribution in [0.25, 0.3) is 22.6 Å². The first-order valence-corrected chi connectivity index (χ1v) is 9.64. The third-order valence-electron chi connectivity index (χ3n) is 4.76. The average Bonchev–Trinajstić information content (AvgIpc) is 3.20. The van der Waals surface area contributed by atoms with Gasteiger partial charge < -0.3 is 14.5 Å². The lowest BCUT2D eigenvalue weighted by Crippen LogP contribution is -2.20. The van der Waals surface area contributed by atoms with E-state index in [1.54, 1.807) is 18.2 Å². The minimum absolute atomic E-state index is 0.254. The molecular formula is C22H16N4O7. The number of carbonyl (C=O) groups is 1. The summed E-state index contributed by atoms with van der Waals surface area (Å²) in [6, 6.07) is 15.5. The Hall–Kier alpha value is -4.80. The number of rotatable bonds is 7. The normalized spacial score (nSPS) is 10.7. The zero-order chi connectivity index (χ0) is 23.5. The summed E-state index contributed by atoms with van der Waals surface area (Å²) in [6.07, 6.45) is 0. The molecule has 3 aromatic carbocycles. The number of nitro benzene ring substituents is 2. The van der Waals surface area contributed by atoms with E-state index in [0.717, 1.165) is 29.3 Å². The van der Waals surface area contributed by atoms with E-state index in [1.807, 2.05) is 31.2 Å². The Morgan fingerprint density at radius 1 is 1.06 bits per heavy atom. The molecule has 11 nitrogen and oxygen atoms in total. The molecule has 0 aliphatic carbocycles. The molecule has 11 heteroatoms. The molecule has 1 N–H and O–H groups in total. The molecule has 0 atom stereocenters. The molecule has 1 heterocycles. The molecular weight excluding hydrogens is 432 g/mol. The van der Waals surface area contributed by atoms with E-state index >= 15 is 0 Å². The van der Waals surface area contributed by atoms with Gasteiger partial charge in [-0.25, -0.2) is 4.98 Å². The van der Waals surface area contributed by atoms with E-state index in [-0.39, 0.29) is 5.75 Å². The molecule has 33 heavy (non-hydrogen) atoms. The predicted octanol–water partition coefficient (Wildman–Crippen LogP) is 4.64. The van der Waals surface area contributed by atoms with Gasteiger partial charge in [0.1, 0.15) is 5.52 Å². The fourth-order valence-electron chi connectivity index (χ4n) is 3.16. The molecule has 1 amide bonds. The number of carbonyl (C=O) groups excluding carboxylic acids is 1. The number of benzene rings is 3. The third-order valence-corrected chi connectivity index (χ3v) is 4.76. The van der Waals surface area contributed by atoms with Gasteiger partial charge in [-0.2, -0.15) is 0 Å². The summed E-state index contributed by atoms with van der Waals surface area (Å²) in [6.45, 7) is 1.41. The number of hydrogen-bond donors (Lipinski definition) is 1. The maximum absolute atomic E-state index is 12.3. The molecule has 4 rings (SSSR count). The van der Waals surface area contributed by atoms with Gasteiger partial charge in [-0.05, 0) is 42.8 Å². The molecule has 0 radical (unpaired) electrons. The van der Waals surface area contributed by atoms with Gasteiger partial charge in [0, 0.05) is 17.3 Å². The topological polar surface area (TPSA) is 151 Å². The highest BCUT2D eigenvalue weighted by molar-refractivity contribution is 5.94. The molecule has 0 aliphatic heterocycles. The van der Waals surface area contributed by atoms with Gasteiger partial charge in [0.25, 0.3) is 11.6 Å². The number of aromatic nitrogens is 1. The molecule has 0 saturated carbocycles. The third kappa shape index (κ3) is 4.61. The molecule has 1 aromatic heterocycles. The van der Waals surface area contributed by atoms with Gasteiger partial charge in [-0.1, -0.05) is 18.2 Å². The molecule has 0 fully saturated rings. The summed E-state index contributed by atoms with van der Waals surface area (Å²) < 4.78 is 11.0. The Morgan fingerprint density at radius 2 is 1.85 bits per heavy atom. The largest absolute Gasteiger partial charge is 0.477 e. The number of hydrogen-bond acceptors (Lipinski definition) is 8. The van der Waals surface area contributed by atoms with Crippen molar-refractivity contribution >= 4 is 34.1 Å². The first-order chi connectivity index (χ1) is 15.8. The van der Waals surface area contributed by atoms with Gasteiger partial charge in [0.15, 0.2) is 17.9 Å². The standard InChI is InChI=1S/C22H16N4O7/c1-13-4-2-3-5-16(13)22-24-17-10-14(6-8-19(17)33-22)23-21(27)12-32-20-9-7-15(25(28)29)11-18(20)26(30)31/h2-11H,12H2,1H3,(H,23,27). The quantitative estimate of drug-likeness (QED) is 0.317. The van der Waals surface area contributed by atoms with Gasteiger partial charge >= 0.3 is 5.69 Å². The van der Waals surface area contributed by atoms with Crippen molar-refractivity contribution in [3.05, 3.63) is 86.5 Å². The number of fused-ring (bicyclic) bond motifs is 1. The number of nitrogens with one attached hydrogen (secondary N) is 1. The van der Waals surface area contributed by atoms with E-state index < -0.39 is 33.7 Å². The number of anilines is 1. The van der Waals surface area contributed by atoms with Crippen molar-refractivity contribution in [2.24, 2.45) is 0 Å². The van der Waals surface area contributed by atoms with Crippen molar-refractivity contribution in [2.75, 3.05) is 11.9 Å². The first kappa shape index (κ1) is 21.4. The van der Waals surface area contributed by atoms with Crippen LogP contribution in [-0.2, 0) is 4.79 Å². The van der Waals surface area contributed by atoms with Gasteiger partial charge in [0.2, 0.25) is 5.89 Å². The van der Waals surface area contributed by atoms with Crippen LogP contribution < -0.4 is 10.1 Å². The van der Waals surface area contributed by atoms with Crippen LogP contribution >= 0.6 is 0 Å². The minimum atomic E-state index is -0.815. The Bertz CT molecular complexity index is 1400. The number of ether oxygens (including phenoxy) is 1. The maximum Gasteiger partial charge on any atom is 0.317 e. The lowest BCUT2D eigenvalue weighted by molar-refractivity contribution is -0.394. The summed E-state index contributed by atoms with van der Waals surface area (Å²) in [5, 5.41) is 24.6. The van der Waals surface area contributed by atoms with E-state index in [4.69, 9.17) is 9.15 Å². The second-order valence-corrected chi connectivity index (χ2v) is 7.02. The highest BCUT2D eigenvalue weighted by Crippen LogP contribution is 2.31. The van der Waals surface area contributed by atoms with Crippen LogP contribution in [0.2, 0.25) is 0 Å². The molecule has 166 valence electrons. The lowest BCUT2D eigenvalue weighted by atomic mass is 10.1. The summed E-state index contributed by atoms with van der Waals surface area (Å²) >= 11 is 0. The monoisotopic (exact) mass is 448 g/mol. The van der Waals surface area contributed by atoms with E-state index in [0.29, 0.717) is 22.7 Å². The summed E-state index contributed by atoms with van der Waals surface area (Å²) in [5.74, 6) is -0.374. The van der Waals surface area contributed by atoms with E-state index in [9.17, 15) is 25.0 Å². The highest BCUT2D eigenvalue weighted by atomic mass is 16.6. The van der Waals surface area contributed by atoms with Crippen molar-refractivity contribution in [3.63, 3.8) is 0 Å². The zero-order valence-electron chi connectivity index (χ0n) is 17.2. The summed E-state index contributed by atoms with van der Waals surface area (Å²) in [7, 11) is 0. The van der Waals surface area contributed by atoms with Crippen molar-refractivity contribution in [2.45, 2.75) is 6.92 Å². The van der Waals surface area contributed by atoms with Crippen LogP contribution in [0.15, 0.2) is 65.1 Å². The minimum Gasteiger partial charge on any atom is -0.477 e. The Morgan fingerprint density at radius 3 is 2.58 bits per heavy atom. The van der Waals surface area contributed by atoms with Crippen LogP contribution in [0.1, 0.15) is 5.56 Å². The lowest BCUT2D eigenvalue weighted by Gasteiger charge is -2.08. The maximum atomic E-state index is 12.3. The second kappa shape index (κ2) is 8.75. The Labute approximate surface area is 185 Å². The number of aryl methyl sites for hydroxylation is 1. The fraction of sp³-hybridized carbons (Fsp3) is 0.0909.